The molecule has 0 bridgehead atoms. The predicted octanol–water partition coefficient (Wildman–Crippen LogP) is 6.01. The van der Waals surface area contributed by atoms with Gasteiger partial charge in [-0.2, -0.15) is 0 Å². The number of methoxy groups -OCH3 is 1. The van der Waals surface area contributed by atoms with Crippen LogP contribution in [0.3, 0.4) is 0 Å². The summed E-state index contributed by atoms with van der Waals surface area (Å²) in [6.07, 6.45) is 3.34. The molecule has 0 radical (unpaired) electrons. The Kier molecular flexibility index (Phi) is 6.69. The van der Waals surface area contributed by atoms with Gasteiger partial charge in [0.2, 0.25) is 7.59 Å². The first-order valence-electron chi connectivity index (χ1n) is 6.74. The van der Waals surface area contributed by atoms with Crippen molar-refractivity contribution >= 4 is 81.8 Å². The summed E-state index contributed by atoms with van der Waals surface area (Å²) < 4.78 is 1.51. The summed E-state index contributed by atoms with van der Waals surface area (Å²) >= 11 is 35.0. The molecule has 1 aromatic heterocycles. The number of hydrogen-bond donors (Lipinski definition) is 0. The smallest absolute Gasteiger partial charge is 0.250 e. The highest BCUT2D eigenvalue weighted by atomic mass is 35.6. The van der Waals surface area contributed by atoms with E-state index in [9.17, 15) is 0 Å². The van der Waals surface area contributed by atoms with Gasteiger partial charge in [0.15, 0.2) is 17.5 Å². The van der Waals surface area contributed by atoms with Crippen LogP contribution in [0.25, 0.3) is 12.2 Å². The Morgan fingerprint density at radius 2 is 1.44 bits per heavy atom. The first kappa shape index (κ1) is 20.8. The SMILES string of the molecule is COc1cc(/C=C/c2nc(C(Cl)(Cl)Cl)nc(C(Cl)(Cl)Cl)n2)ccc1C. The molecule has 1 heterocycles. The van der Waals surface area contributed by atoms with Crippen LogP contribution in [0.15, 0.2) is 18.2 Å². The summed E-state index contributed by atoms with van der Waals surface area (Å²) in [5.74, 6) is 0.642. The second-order valence-corrected chi connectivity index (χ2v) is 9.46. The van der Waals surface area contributed by atoms with Gasteiger partial charge in [-0.1, -0.05) is 87.8 Å². The lowest BCUT2D eigenvalue weighted by Crippen LogP contribution is -2.16. The van der Waals surface area contributed by atoms with Crippen LogP contribution < -0.4 is 4.74 Å². The molecule has 2 rings (SSSR count). The molecular formula is C15H11Cl6N3O. The molecule has 134 valence electrons. The molecule has 0 aliphatic carbocycles. The molecule has 0 aliphatic heterocycles. The van der Waals surface area contributed by atoms with Crippen molar-refractivity contribution in [3.8, 4) is 5.75 Å². The Labute approximate surface area is 175 Å². The van der Waals surface area contributed by atoms with E-state index in [1.165, 1.54) is 0 Å². The van der Waals surface area contributed by atoms with E-state index in [0.29, 0.717) is 0 Å². The molecule has 4 nitrogen and oxygen atoms in total. The zero-order valence-corrected chi connectivity index (χ0v) is 17.4. The minimum absolute atomic E-state index is 0.144. The number of hydrogen-bond acceptors (Lipinski definition) is 4. The zero-order valence-electron chi connectivity index (χ0n) is 12.9. The van der Waals surface area contributed by atoms with Gasteiger partial charge in [-0.15, -0.1) is 0 Å². The first-order valence-corrected chi connectivity index (χ1v) is 9.00. The van der Waals surface area contributed by atoms with Gasteiger partial charge in [-0.25, -0.2) is 15.0 Å². The lowest BCUT2D eigenvalue weighted by molar-refractivity contribution is 0.411. The Bertz CT molecular complexity index is 767. The molecule has 0 amide bonds. The number of ether oxygens (including phenoxy) is 1. The number of alkyl halides is 6. The Morgan fingerprint density at radius 1 is 0.880 bits per heavy atom. The lowest BCUT2D eigenvalue weighted by atomic mass is 10.1. The van der Waals surface area contributed by atoms with Gasteiger partial charge in [-0.3, -0.25) is 0 Å². The van der Waals surface area contributed by atoms with Crippen molar-refractivity contribution in [3.05, 3.63) is 46.8 Å². The third-order valence-corrected chi connectivity index (χ3v) is 4.03. The van der Waals surface area contributed by atoms with Crippen LogP contribution in [0.2, 0.25) is 0 Å². The van der Waals surface area contributed by atoms with Crippen LogP contribution in [0.5, 0.6) is 5.75 Å². The van der Waals surface area contributed by atoms with Crippen LogP contribution in [0.1, 0.15) is 28.6 Å². The molecule has 0 spiro atoms. The second-order valence-electron chi connectivity index (χ2n) is 4.90. The normalized spacial score (nSPS) is 12.6. The molecule has 0 aliphatic rings. The number of aryl methyl sites for hydroxylation is 1. The highest BCUT2D eigenvalue weighted by Crippen LogP contribution is 2.40. The average Bonchev–Trinajstić information content (AvgIpc) is 2.52. The molecule has 0 saturated heterocycles. The molecule has 0 N–H and O–H groups in total. The van der Waals surface area contributed by atoms with E-state index in [1.54, 1.807) is 19.3 Å². The first-order chi connectivity index (χ1) is 11.5. The van der Waals surface area contributed by atoms with Crippen molar-refractivity contribution in [2.24, 2.45) is 0 Å². The number of nitrogens with zero attached hydrogens (tertiary/aromatic N) is 3. The summed E-state index contributed by atoms with van der Waals surface area (Å²) in [5, 5.41) is 0. The molecule has 0 unspecified atom stereocenters. The molecular weight excluding hydrogens is 451 g/mol. The van der Waals surface area contributed by atoms with E-state index < -0.39 is 7.59 Å². The van der Waals surface area contributed by atoms with E-state index >= 15 is 0 Å². The maximum atomic E-state index is 5.83. The van der Waals surface area contributed by atoms with Crippen LogP contribution >= 0.6 is 69.6 Å². The van der Waals surface area contributed by atoms with Crippen molar-refractivity contribution in [2.75, 3.05) is 7.11 Å². The van der Waals surface area contributed by atoms with Crippen LogP contribution in [0, 0.1) is 6.92 Å². The van der Waals surface area contributed by atoms with Gasteiger partial charge >= 0.3 is 0 Å². The minimum atomic E-state index is -1.89. The third-order valence-electron chi connectivity index (χ3n) is 3.02. The number of benzene rings is 1. The molecule has 2 aromatic rings. The fourth-order valence-electron chi connectivity index (χ4n) is 1.83. The van der Waals surface area contributed by atoms with Gasteiger partial charge in [0.05, 0.1) is 7.11 Å². The molecule has 25 heavy (non-hydrogen) atoms. The van der Waals surface area contributed by atoms with Gasteiger partial charge in [0, 0.05) is 0 Å². The second kappa shape index (κ2) is 8.03. The zero-order chi connectivity index (χ0) is 18.8. The van der Waals surface area contributed by atoms with Crippen molar-refractivity contribution < 1.29 is 4.74 Å². The maximum absolute atomic E-state index is 5.83. The van der Waals surface area contributed by atoms with E-state index in [2.05, 4.69) is 15.0 Å². The number of aromatic nitrogens is 3. The highest BCUT2D eigenvalue weighted by Gasteiger charge is 2.33. The molecule has 0 atom stereocenters. The van der Waals surface area contributed by atoms with E-state index in [1.807, 2.05) is 25.1 Å². The summed E-state index contributed by atoms with van der Waals surface area (Å²) in [5.41, 5.74) is 1.87. The van der Waals surface area contributed by atoms with Crippen molar-refractivity contribution in [2.45, 2.75) is 14.5 Å². The molecule has 1 aromatic carbocycles. The fourth-order valence-corrected chi connectivity index (χ4v) is 2.34. The summed E-state index contributed by atoms with van der Waals surface area (Å²) in [6, 6.07) is 5.69. The third kappa shape index (κ3) is 5.75. The lowest BCUT2D eigenvalue weighted by Gasteiger charge is -2.14. The van der Waals surface area contributed by atoms with Gasteiger partial charge in [0.1, 0.15) is 5.75 Å². The van der Waals surface area contributed by atoms with Crippen molar-refractivity contribution in [3.63, 3.8) is 0 Å². The monoisotopic (exact) mass is 459 g/mol. The van der Waals surface area contributed by atoms with E-state index in [0.717, 1.165) is 16.9 Å². The standard InChI is InChI=1S/C15H11Cl6N3O/c1-8-3-4-9(7-10(8)25-2)5-6-11-22-12(14(16,17)18)24-13(23-11)15(19,20)21/h3-7H,1-2H3/b6-5+. The Hall–Kier alpha value is -0.490. The predicted molar refractivity (Wildman–Crippen MR) is 105 cm³/mol. The minimum Gasteiger partial charge on any atom is -0.496 e. The molecule has 10 heteroatoms. The van der Waals surface area contributed by atoms with Crippen LogP contribution in [-0.4, -0.2) is 22.1 Å². The van der Waals surface area contributed by atoms with Crippen molar-refractivity contribution in [1.29, 1.82) is 0 Å². The number of rotatable bonds is 3. The number of halogens is 6. The Balaban J connectivity index is 2.44. The molecule has 0 fully saturated rings. The van der Waals surface area contributed by atoms with Gasteiger partial charge in [0.25, 0.3) is 0 Å². The largest absolute Gasteiger partial charge is 0.496 e. The topological polar surface area (TPSA) is 47.9 Å². The van der Waals surface area contributed by atoms with Gasteiger partial charge in [-0.05, 0) is 30.2 Å². The van der Waals surface area contributed by atoms with Crippen LogP contribution in [0.4, 0.5) is 0 Å². The Morgan fingerprint density at radius 3 is 1.92 bits per heavy atom. The van der Waals surface area contributed by atoms with Crippen molar-refractivity contribution in [1.82, 2.24) is 15.0 Å². The van der Waals surface area contributed by atoms with E-state index in [4.69, 9.17) is 74.3 Å². The fraction of sp³-hybridized carbons (Fsp3) is 0.267. The quantitative estimate of drug-likeness (QED) is 0.525. The van der Waals surface area contributed by atoms with E-state index in [-0.39, 0.29) is 17.5 Å². The molecule has 0 saturated carbocycles. The van der Waals surface area contributed by atoms with Crippen LogP contribution in [-0.2, 0) is 7.59 Å². The average molecular weight is 462 g/mol. The summed E-state index contributed by atoms with van der Waals surface area (Å²) in [4.78, 5) is 12.1. The summed E-state index contributed by atoms with van der Waals surface area (Å²) in [6.45, 7) is 1.94. The summed E-state index contributed by atoms with van der Waals surface area (Å²) in [7, 11) is 1.60. The van der Waals surface area contributed by atoms with Gasteiger partial charge < -0.3 is 4.74 Å². The highest BCUT2D eigenvalue weighted by molar-refractivity contribution is 6.67. The maximum Gasteiger partial charge on any atom is 0.250 e.